The van der Waals surface area contributed by atoms with Gasteiger partial charge in [-0.25, -0.2) is 9.97 Å². The maximum atomic E-state index is 9.30. The number of ether oxygens (including phenoxy) is 1. The standard InChI is InChI=1S/C14H14N4O2S/c1-3-19-7-6-9-4-5-11(20-9)12-10(8-15)13(21-2)18-14(16)17-12/h4-7H,3H2,1-2H3,(H2,16,17,18). The Balaban J connectivity index is 2.43. The fraction of sp³-hybridized carbons (Fsp3) is 0.214. The summed E-state index contributed by atoms with van der Waals surface area (Å²) in [6.07, 6.45) is 5.07. The molecule has 0 aromatic carbocycles. The molecule has 0 saturated heterocycles. The summed E-state index contributed by atoms with van der Waals surface area (Å²) in [6, 6.07) is 5.60. The monoisotopic (exact) mass is 302 g/mol. The molecule has 0 aliphatic heterocycles. The largest absolute Gasteiger partial charge is 0.501 e. The molecule has 2 aromatic rings. The average molecular weight is 302 g/mol. The molecule has 6 nitrogen and oxygen atoms in total. The van der Waals surface area contributed by atoms with Crippen molar-refractivity contribution >= 4 is 23.8 Å². The van der Waals surface area contributed by atoms with Crippen LogP contribution in [0, 0.1) is 11.3 Å². The van der Waals surface area contributed by atoms with Crippen molar-refractivity contribution in [2.45, 2.75) is 11.9 Å². The lowest BCUT2D eigenvalue weighted by Gasteiger charge is -2.05. The topological polar surface area (TPSA) is 98.0 Å². The van der Waals surface area contributed by atoms with Crippen LogP contribution in [0.1, 0.15) is 18.2 Å². The molecule has 0 saturated carbocycles. The smallest absolute Gasteiger partial charge is 0.221 e. The van der Waals surface area contributed by atoms with Gasteiger partial charge in [0.1, 0.15) is 28.1 Å². The number of rotatable bonds is 5. The van der Waals surface area contributed by atoms with Crippen LogP contribution >= 0.6 is 11.8 Å². The van der Waals surface area contributed by atoms with Gasteiger partial charge >= 0.3 is 0 Å². The van der Waals surface area contributed by atoms with Crippen LogP contribution in [0.2, 0.25) is 0 Å². The summed E-state index contributed by atoms with van der Waals surface area (Å²) in [5.74, 6) is 1.17. The molecular weight excluding hydrogens is 288 g/mol. The highest BCUT2D eigenvalue weighted by Gasteiger charge is 2.17. The van der Waals surface area contributed by atoms with Crippen LogP contribution in [-0.4, -0.2) is 22.8 Å². The molecule has 2 rings (SSSR count). The van der Waals surface area contributed by atoms with Crippen LogP contribution in [0.5, 0.6) is 0 Å². The van der Waals surface area contributed by atoms with E-state index < -0.39 is 0 Å². The predicted octanol–water partition coefficient (Wildman–Crippen LogP) is 2.92. The predicted molar refractivity (Wildman–Crippen MR) is 81.3 cm³/mol. The number of nitrogen functional groups attached to an aromatic ring is 1. The highest BCUT2D eigenvalue weighted by atomic mass is 32.2. The van der Waals surface area contributed by atoms with E-state index in [2.05, 4.69) is 16.0 Å². The van der Waals surface area contributed by atoms with Crippen molar-refractivity contribution in [2.75, 3.05) is 18.6 Å². The second kappa shape index (κ2) is 6.81. The maximum absolute atomic E-state index is 9.30. The van der Waals surface area contributed by atoms with Crippen molar-refractivity contribution in [3.05, 3.63) is 29.7 Å². The van der Waals surface area contributed by atoms with E-state index in [-0.39, 0.29) is 5.95 Å². The van der Waals surface area contributed by atoms with Crippen LogP contribution < -0.4 is 5.73 Å². The summed E-state index contributed by atoms with van der Waals surface area (Å²) in [5, 5.41) is 9.83. The Morgan fingerprint density at radius 2 is 2.29 bits per heavy atom. The Kier molecular flexibility index (Phi) is 4.85. The van der Waals surface area contributed by atoms with Gasteiger partial charge in [-0.15, -0.1) is 11.8 Å². The first-order valence-electron chi connectivity index (χ1n) is 6.19. The zero-order chi connectivity index (χ0) is 15.2. The van der Waals surface area contributed by atoms with Gasteiger partial charge in [-0.2, -0.15) is 5.26 Å². The molecule has 21 heavy (non-hydrogen) atoms. The van der Waals surface area contributed by atoms with Gasteiger partial charge in [-0.3, -0.25) is 0 Å². The van der Waals surface area contributed by atoms with E-state index >= 15 is 0 Å². The van der Waals surface area contributed by atoms with E-state index in [1.165, 1.54) is 11.8 Å². The number of nitriles is 1. The Morgan fingerprint density at radius 3 is 2.95 bits per heavy atom. The molecule has 0 spiro atoms. The maximum Gasteiger partial charge on any atom is 0.221 e. The Morgan fingerprint density at radius 1 is 1.48 bits per heavy atom. The summed E-state index contributed by atoms with van der Waals surface area (Å²) in [5.41, 5.74) is 6.43. The lowest BCUT2D eigenvalue weighted by molar-refractivity contribution is 0.271. The fourth-order valence-electron chi connectivity index (χ4n) is 1.66. The second-order valence-electron chi connectivity index (χ2n) is 3.89. The van der Waals surface area contributed by atoms with E-state index in [1.54, 1.807) is 24.5 Å². The molecule has 2 aromatic heterocycles. The van der Waals surface area contributed by atoms with Crippen LogP contribution in [0.3, 0.4) is 0 Å². The molecule has 0 amide bonds. The van der Waals surface area contributed by atoms with Gasteiger partial charge in [0, 0.05) is 6.08 Å². The molecular formula is C14H14N4O2S. The molecule has 0 unspecified atom stereocenters. The number of hydrogen-bond donors (Lipinski definition) is 1. The molecule has 0 fully saturated rings. The van der Waals surface area contributed by atoms with Gasteiger partial charge in [-0.1, -0.05) is 0 Å². The van der Waals surface area contributed by atoms with E-state index in [0.29, 0.717) is 34.4 Å². The van der Waals surface area contributed by atoms with Gasteiger partial charge in [0.05, 0.1) is 12.9 Å². The third-order valence-corrected chi connectivity index (χ3v) is 3.24. The van der Waals surface area contributed by atoms with Gasteiger partial charge in [0.15, 0.2) is 5.76 Å². The number of aromatic nitrogens is 2. The van der Waals surface area contributed by atoms with Gasteiger partial charge in [-0.05, 0) is 25.3 Å². The summed E-state index contributed by atoms with van der Waals surface area (Å²) in [6.45, 7) is 2.48. The molecule has 2 heterocycles. The number of nitrogens with zero attached hydrogens (tertiary/aromatic N) is 3. The molecule has 0 radical (unpaired) electrons. The normalized spacial score (nSPS) is 10.7. The first kappa shape index (κ1) is 14.9. The lowest BCUT2D eigenvalue weighted by atomic mass is 10.2. The summed E-state index contributed by atoms with van der Waals surface area (Å²) in [4.78, 5) is 8.16. The minimum atomic E-state index is 0.108. The Bertz CT molecular complexity index is 703. The molecule has 0 aliphatic carbocycles. The summed E-state index contributed by atoms with van der Waals surface area (Å²) in [7, 11) is 0. The minimum absolute atomic E-state index is 0.108. The number of thioether (sulfide) groups is 1. The van der Waals surface area contributed by atoms with Crippen LogP contribution in [-0.2, 0) is 4.74 Å². The Hall–Kier alpha value is -2.46. The van der Waals surface area contributed by atoms with Crippen molar-refractivity contribution in [1.29, 1.82) is 5.26 Å². The van der Waals surface area contributed by atoms with E-state index in [9.17, 15) is 5.26 Å². The van der Waals surface area contributed by atoms with Crippen LogP contribution in [0.15, 0.2) is 27.8 Å². The van der Waals surface area contributed by atoms with Gasteiger partial charge in [0.2, 0.25) is 5.95 Å². The van der Waals surface area contributed by atoms with Gasteiger partial charge in [0.25, 0.3) is 0 Å². The first-order chi connectivity index (χ1) is 10.2. The summed E-state index contributed by atoms with van der Waals surface area (Å²) < 4.78 is 10.8. The van der Waals surface area contributed by atoms with Crippen molar-refractivity contribution in [3.8, 4) is 17.5 Å². The molecule has 108 valence electrons. The first-order valence-corrected chi connectivity index (χ1v) is 7.42. The van der Waals surface area contributed by atoms with Crippen molar-refractivity contribution in [2.24, 2.45) is 0 Å². The highest BCUT2D eigenvalue weighted by molar-refractivity contribution is 7.98. The average Bonchev–Trinajstić information content (AvgIpc) is 2.95. The zero-order valence-electron chi connectivity index (χ0n) is 11.7. The molecule has 0 atom stereocenters. The number of anilines is 1. The molecule has 0 aliphatic rings. The lowest BCUT2D eigenvalue weighted by Crippen LogP contribution is -2.01. The van der Waals surface area contributed by atoms with E-state index in [1.807, 2.05) is 13.2 Å². The molecule has 2 N–H and O–H groups in total. The number of hydrogen-bond acceptors (Lipinski definition) is 7. The molecule has 7 heteroatoms. The van der Waals surface area contributed by atoms with Crippen LogP contribution in [0.4, 0.5) is 5.95 Å². The highest BCUT2D eigenvalue weighted by Crippen LogP contribution is 2.29. The van der Waals surface area contributed by atoms with Crippen LogP contribution in [0.25, 0.3) is 17.5 Å². The van der Waals surface area contributed by atoms with Crippen molar-refractivity contribution < 1.29 is 9.15 Å². The summed E-state index contributed by atoms with van der Waals surface area (Å²) >= 11 is 1.34. The number of furan rings is 1. The van der Waals surface area contributed by atoms with E-state index in [4.69, 9.17) is 14.9 Å². The van der Waals surface area contributed by atoms with Crippen molar-refractivity contribution in [1.82, 2.24) is 9.97 Å². The van der Waals surface area contributed by atoms with E-state index in [0.717, 1.165) is 0 Å². The van der Waals surface area contributed by atoms with Gasteiger partial charge < -0.3 is 14.9 Å². The second-order valence-corrected chi connectivity index (χ2v) is 4.68. The third-order valence-electron chi connectivity index (χ3n) is 2.55. The quantitative estimate of drug-likeness (QED) is 0.515. The third kappa shape index (κ3) is 3.35. The molecule has 0 bridgehead atoms. The minimum Gasteiger partial charge on any atom is -0.501 e. The van der Waals surface area contributed by atoms with Crippen molar-refractivity contribution in [3.63, 3.8) is 0 Å². The number of nitrogens with two attached hydrogens (primary N) is 1. The SMILES string of the molecule is CCOC=Cc1ccc(-c2nc(N)nc(SC)c2C#N)o1. The zero-order valence-corrected chi connectivity index (χ0v) is 12.5. The Labute approximate surface area is 126 Å². The fourth-order valence-corrected chi connectivity index (χ4v) is 2.20.